The fourth-order valence-electron chi connectivity index (χ4n) is 1.53. The van der Waals surface area contributed by atoms with Gasteiger partial charge in [0.2, 0.25) is 0 Å². The molecule has 1 N–H and O–H groups in total. The van der Waals surface area contributed by atoms with Crippen molar-refractivity contribution in [3.8, 4) is 0 Å². The van der Waals surface area contributed by atoms with Crippen LogP contribution in [0.25, 0.3) is 0 Å². The quantitative estimate of drug-likeness (QED) is 0.919. The van der Waals surface area contributed by atoms with Crippen LogP contribution in [0.3, 0.4) is 0 Å². The molecule has 0 amide bonds. The highest BCUT2D eigenvalue weighted by atomic mass is 35.5. The van der Waals surface area contributed by atoms with Crippen molar-refractivity contribution in [2.45, 2.75) is 19.4 Å². The van der Waals surface area contributed by atoms with Gasteiger partial charge >= 0.3 is 0 Å². The summed E-state index contributed by atoms with van der Waals surface area (Å²) in [6.07, 6.45) is 0.922. The lowest BCUT2D eigenvalue weighted by molar-refractivity contribution is 0.600. The molecular formula is C11H13ClN2S2. The zero-order valence-electron chi connectivity index (χ0n) is 9.16. The molecule has 0 saturated heterocycles. The normalized spacial score (nSPS) is 12.9. The number of nitrogens with zero attached hydrogens (tertiary/aromatic N) is 1. The van der Waals surface area contributed by atoms with E-state index in [0.29, 0.717) is 6.04 Å². The van der Waals surface area contributed by atoms with Crippen LogP contribution in [0.15, 0.2) is 17.5 Å². The van der Waals surface area contributed by atoms with Gasteiger partial charge in [-0.25, -0.2) is 4.98 Å². The van der Waals surface area contributed by atoms with Crippen molar-refractivity contribution in [3.05, 3.63) is 37.4 Å². The third-order valence-corrected chi connectivity index (χ3v) is 4.67. The van der Waals surface area contributed by atoms with Crippen LogP contribution in [0.5, 0.6) is 0 Å². The number of likely N-dealkylation sites (N-methyl/N-ethyl adjacent to an activating group) is 1. The Morgan fingerprint density at radius 3 is 2.81 bits per heavy atom. The van der Waals surface area contributed by atoms with E-state index in [1.807, 2.05) is 20.0 Å². The van der Waals surface area contributed by atoms with Gasteiger partial charge in [0.25, 0.3) is 0 Å². The zero-order valence-corrected chi connectivity index (χ0v) is 11.5. The van der Waals surface area contributed by atoms with E-state index in [1.165, 1.54) is 9.88 Å². The standard InChI is InChI=1S/C11H13ClN2S2/c1-7-6-15-11(14-7)5-8(13-2)9-3-4-10(12)16-9/h3-4,6,8,13H,5H2,1-2H3. The van der Waals surface area contributed by atoms with Crippen molar-refractivity contribution in [2.24, 2.45) is 0 Å². The number of hydrogen-bond acceptors (Lipinski definition) is 4. The van der Waals surface area contributed by atoms with Crippen molar-refractivity contribution in [2.75, 3.05) is 7.05 Å². The Morgan fingerprint density at radius 2 is 2.31 bits per heavy atom. The lowest BCUT2D eigenvalue weighted by Gasteiger charge is -2.12. The van der Waals surface area contributed by atoms with Crippen LogP contribution in [-0.4, -0.2) is 12.0 Å². The van der Waals surface area contributed by atoms with Gasteiger partial charge in [-0.05, 0) is 26.1 Å². The molecule has 0 aromatic carbocycles. The highest BCUT2D eigenvalue weighted by Gasteiger charge is 2.14. The first kappa shape index (κ1) is 12.0. The zero-order chi connectivity index (χ0) is 11.5. The second kappa shape index (κ2) is 5.27. The molecule has 0 aliphatic carbocycles. The van der Waals surface area contributed by atoms with Crippen LogP contribution in [0, 0.1) is 6.92 Å². The SMILES string of the molecule is CNC(Cc1nc(C)cs1)c1ccc(Cl)s1. The molecule has 0 bridgehead atoms. The molecule has 1 unspecified atom stereocenters. The number of hydrogen-bond donors (Lipinski definition) is 1. The van der Waals surface area contributed by atoms with Gasteiger partial charge in [-0.1, -0.05) is 11.6 Å². The highest BCUT2D eigenvalue weighted by molar-refractivity contribution is 7.16. The summed E-state index contributed by atoms with van der Waals surface area (Å²) in [7, 11) is 1.97. The Labute approximate surface area is 108 Å². The van der Waals surface area contributed by atoms with Gasteiger partial charge in [-0.15, -0.1) is 22.7 Å². The number of thiophene rings is 1. The van der Waals surface area contributed by atoms with E-state index in [2.05, 4.69) is 21.7 Å². The predicted octanol–water partition coefficient (Wildman–Crippen LogP) is 3.67. The fraction of sp³-hybridized carbons (Fsp3) is 0.364. The maximum absolute atomic E-state index is 5.95. The topological polar surface area (TPSA) is 24.9 Å². The summed E-state index contributed by atoms with van der Waals surface area (Å²) < 4.78 is 0.838. The molecule has 0 radical (unpaired) electrons. The third-order valence-electron chi connectivity index (χ3n) is 2.33. The number of rotatable bonds is 4. The summed E-state index contributed by atoms with van der Waals surface area (Å²) in [6, 6.07) is 4.33. The maximum Gasteiger partial charge on any atom is 0.0947 e. The molecule has 0 aliphatic heterocycles. The smallest absolute Gasteiger partial charge is 0.0947 e. The Bertz CT molecular complexity index is 464. The average Bonchev–Trinajstić information content (AvgIpc) is 2.84. The first-order chi connectivity index (χ1) is 7.69. The van der Waals surface area contributed by atoms with E-state index in [-0.39, 0.29) is 0 Å². The number of halogens is 1. The number of aryl methyl sites for hydroxylation is 1. The van der Waals surface area contributed by atoms with Crippen molar-refractivity contribution >= 4 is 34.3 Å². The summed E-state index contributed by atoms with van der Waals surface area (Å²) in [5, 5.41) is 6.56. The molecule has 2 rings (SSSR count). The summed E-state index contributed by atoms with van der Waals surface area (Å²) in [5.41, 5.74) is 1.10. The fourth-order valence-corrected chi connectivity index (χ4v) is 3.52. The second-order valence-corrected chi connectivity index (χ2v) is 6.26. The van der Waals surface area contributed by atoms with Crippen molar-refractivity contribution in [3.63, 3.8) is 0 Å². The van der Waals surface area contributed by atoms with Gasteiger partial charge in [-0.3, -0.25) is 0 Å². The van der Waals surface area contributed by atoms with Gasteiger partial charge in [0.05, 0.1) is 9.34 Å². The summed E-state index contributed by atoms with van der Waals surface area (Å²) in [5.74, 6) is 0. The molecule has 2 aromatic rings. The minimum atomic E-state index is 0.308. The van der Waals surface area contributed by atoms with Crippen LogP contribution < -0.4 is 5.32 Å². The van der Waals surface area contributed by atoms with Gasteiger partial charge < -0.3 is 5.32 Å². The van der Waals surface area contributed by atoms with Crippen LogP contribution in [-0.2, 0) is 6.42 Å². The van der Waals surface area contributed by atoms with E-state index in [4.69, 9.17) is 11.6 Å². The first-order valence-corrected chi connectivity index (χ1v) is 7.10. The molecule has 0 saturated carbocycles. The van der Waals surface area contributed by atoms with E-state index >= 15 is 0 Å². The molecule has 2 heterocycles. The molecule has 1 atom stereocenters. The molecule has 0 fully saturated rings. The maximum atomic E-state index is 5.95. The predicted molar refractivity (Wildman–Crippen MR) is 71.7 cm³/mol. The molecule has 0 aliphatic rings. The molecular weight excluding hydrogens is 260 g/mol. The highest BCUT2D eigenvalue weighted by Crippen LogP contribution is 2.29. The molecule has 0 spiro atoms. The number of nitrogens with one attached hydrogen (secondary N) is 1. The Hall–Kier alpha value is -0.420. The Morgan fingerprint density at radius 1 is 1.50 bits per heavy atom. The minimum absolute atomic E-state index is 0.308. The van der Waals surface area contributed by atoms with Crippen LogP contribution in [0.4, 0.5) is 0 Å². The average molecular weight is 273 g/mol. The monoisotopic (exact) mass is 272 g/mol. The van der Waals surface area contributed by atoms with E-state index in [1.54, 1.807) is 22.7 Å². The minimum Gasteiger partial charge on any atom is -0.312 e. The van der Waals surface area contributed by atoms with Crippen molar-refractivity contribution < 1.29 is 0 Å². The largest absolute Gasteiger partial charge is 0.312 e. The van der Waals surface area contributed by atoms with Gasteiger partial charge in [0.15, 0.2) is 0 Å². The number of aromatic nitrogens is 1. The molecule has 2 aromatic heterocycles. The van der Waals surface area contributed by atoms with Crippen LogP contribution in [0.2, 0.25) is 4.34 Å². The van der Waals surface area contributed by atoms with E-state index in [0.717, 1.165) is 16.5 Å². The van der Waals surface area contributed by atoms with E-state index < -0.39 is 0 Å². The van der Waals surface area contributed by atoms with E-state index in [9.17, 15) is 0 Å². The lowest BCUT2D eigenvalue weighted by atomic mass is 10.2. The molecule has 86 valence electrons. The summed E-state index contributed by atoms with van der Waals surface area (Å²) in [4.78, 5) is 5.75. The van der Waals surface area contributed by atoms with Gasteiger partial charge in [-0.2, -0.15) is 0 Å². The molecule has 16 heavy (non-hydrogen) atoms. The second-order valence-electron chi connectivity index (χ2n) is 3.57. The molecule has 5 heteroatoms. The van der Waals surface area contributed by atoms with Crippen LogP contribution in [0.1, 0.15) is 21.6 Å². The first-order valence-electron chi connectivity index (χ1n) is 5.02. The number of thiazole rings is 1. The Balaban J connectivity index is 2.12. The van der Waals surface area contributed by atoms with Crippen molar-refractivity contribution in [1.82, 2.24) is 10.3 Å². The third kappa shape index (κ3) is 2.83. The van der Waals surface area contributed by atoms with Gasteiger partial charge in [0.1, 0.15) is 0 Å². The summed E-state index contributed by atoms with van der Waals surface area (Å²) >= 11 is 9.29. The van der Waals surface area contributed by atoms with Gasteiger partial charge in [0, 0.05) is 28.4 Å². The Kier molecular flexibility index (Phi) is 3.97. The van der Waals surface area contributed by atoms with Crippen molar-refractivity contribution in [1.29, 1.82) is 0 Å². The lowest BCUT2D eigenvalue weighted by Crippen LogP contribution is -2.17. The van der Waals surface area contributed by atoms with Crippen LogP contribution >= 0.6 is 34.3 Å². The molecule has 2 nitrogen and oxygen atoms in total. The summed E-state index contributed by atoms with van der Waals surface area (Å²) in [6.45, 7) is 2.02.